The second kappa shape index (κ2) is 5.48. The number of hydrogen-bond acceptors (Lipinski definition) is 2. The van der Waals surface area contributed by atoms with Crippen molar-refractivity contribution in [3.63, 3.8) is 0 Å². The monoisotopic (exact) mass is 264 g/mol. The molecule has 0 radical (unpaired) electrons. The molecular formula is C15H21ClN2. The number of hydrogen-bond donors (Lipinski definition) is 0. The fourth-order valence-corrected chi connectivity index (χ4v) is 3.10. The van der Waals surface area contributed by atoms with E-state index in [1.54, 1.807) is 0 Å². The third-order valence-electron chi connectivity index (χ3n) is 4.26. The van der Waals surface area contributed by atoms with Gasteiger partial charge in [-0.2, -0.15) is 0 Å². The molecule has 3 rings (SSSR count). The molecule has 2 nitrogen and oxygen atoms in total. The van der Waals surface area contributed by atoms with Crippen molar-refractivity contribution in [2.24, 2.45) is 0 Å². The lowest BCUT2D eigenvalue weighted by atomic mass is 9.91. The molecule has 2 aliphatic rings. The van der Waals surface area contributed by atoms with Crippen molar-refractivity contribution in [2.45, 2.75) is 51.0 Å². The van der Waals surface area contributed by atoms with Crippen molar-refractivity contribution >= 4 is 17.4 Å². The van der Waals surface area contributed by atoms with Gasteiger partial charge in [-0.3, -0.25) is 0 Å². The number of rotatable bonds is 5. The maximum atomic E-state index is 5.85. The molecule has 0 atom stereocenters. The molecule has 0 aromatic carbocycles. The van der Waals surface area contributed by atoms with E-state index >= 15 is 0 Å². The van der Waals surface area contributed by atoms with Gasteiger partial charge < -0.3 is 4.90 Å². The topological polar surface area (TPSA) is 16.1 Å². The molecule has 0 unspecified atom stereocenters. The zero-order valence-electron chi connectivity index (χ0n) is 10.9. The molecule has 0 amide bonds. The average molecular weight is 265 g/mol. The summed E-state index contributed by atoms with van der Waals surface area (Å²) in [5, 5.41) is 0. The van der Waals surface area contributed by atoms with Crippen LogP contribution in [0.3, 0.4) is 0 Å². The van der Waals surface area contributed by atoms with E-state index in [1.807, 2.05) is 0 Å². The first-order valence-electron chi connectivity index (χ1n) is 7.20. The van der Waals surface area contributed by atoms with Crippen LogP contribution in [0, 0.1) is 0 Å². The molecule has 18 heavy (non-hydrogen) atoms. The standard InChI is InChI=1S/C15H21ClN2/c16-10-3-11-18(13-5-2-6-13)15-9-8-12-4-1-7-14(12)17-15/h8-9,13H,1-7,10-11H2. The molecule has 0 saturated heterocycles. The van der Waals surface area contributed by atoms with Gasteiger partial charge in [0.15, 0.2) is 0 Å². The Kier molecular flexibility index (Phi) is 3.74. The number of fused-ring (bicyclic) bond motifs is 1. The van der Waals surface area contributed by atoms with Crippen LogP contribution in [-0.2, 0) is 12.8 Å². The van der Waals surface area contributed by atoms with Gasteiger partial charge in [0, 0.05) is 24.2 Å². The minimum Gasteiger partial charge on any atom is -0.354 e. The highest BCUT2D eigenvalue weighted by Gasteiger charge is 2.26. The Morgan fingerprint density at radius 1 is 1.22 bits per heavy atom. The van der Waals surface area contributed by atoms with Gasteiger partial charge in [0.25, 0.3) is 0 Å². The van der Waals surface area contributed by atoms with Crippen molar-refractivity contribution in [1.29, 1.82) is 0 Å². The van der Waals surface area contributed by atoms with Crippen LogP contribution in [0.15, 0.2) is 12.1 Å². The fourth-order valence-electron chi connectivity index (χ4n) is 2.98. The molecule has 2 aliphatic carbocycles. The molecule has 98 valence electrons. The Hall–Kier alpha value is -0.760. The Bertz CT molecular complexity index is 415. The van der Waals surface area contributed by atoms with E-state index in [1.165, 1.54) is 49.2 Å². The van der Waals surface area contributed by atoms with Gasteiger partial charge in [-0.05, 0) is 56.6 Å². The van der Waals surface area contributed by atoms with Crippen LogP contribution in [-0.4, -0.2) is 23.5 Å². The zero-order valence-corrected chi connectivity index (χ0v) is 11.6. The van der Waals surface area contributed by atoms with E-state index < -0.39 is 0 Å². The smallest absolute Gasteiger partial charge is 0.129 e. The molecule has 0 spiro atoms. The van der Waals surface area contributed by atoms with Crippen LogP contribution in [0.5, 0.6) is 0 Å². The van der Waals surface area contributed by atoms with Gasteiger partial charge in [0.2, 0.25) is 0 Å². The number of alkyl halides is 1. The number of nitrogens with zero attached hydrogens (tertiary/aromatic N) is 2. The van der Waals surface area contributed by atoms with Gasteiger partial charge in [0.1, 0.15) is 5.82 Å². The summed E-state index contributed by atoms with van der Waals surface area (Å²) >= 11 is 5.85. The summed E-state index contributed by atoms with van der Waals surface area (Å²) in [5.74, 6) is 1.93. The maximum absolute atomic E-state index is 5.85. The maximum Gasteiger partial charge on any atom is 0.129 e. The summed E-state index contributed by atoms with van der Waals surface area (Å²) in [6.07, 6.45) is 8.72. The molecular weight excluding hydrogens is 244 g/mol. The van der Waals surface area contributed by atoms with Crippen LogP contribution in [0.2, 0.25) is 0 Å². The molecule has 0 N–H and O–H groups in total. The van der Waals surface area contributed by atoms with E-state index in [0.29, 0.717) is 6.04 Å². The predicted molar refractivity (Wildman–Crippen MR) is 76.6 cm³/mol. The lowest BCUT2D eigenvalue weighted by Crippen LogP contribution is -2.41. The molecule has 3 heteroatoms. The van der Waals surface area contributed by atoms with Crippen LogP contribution in [0.25, 0.3) is 0 Å². The fraction of sp³-hybridized carbons (Fsp3) is 0.667. The largest absolute Gasteiger partial charge is 0.354 e. The van der Waals surface area contributed by atoms with Crippen LogP contribution in [0.4, 0.5) is 5.82 Å². The quantitative estimate of drug-likeness (QED) is 0.756. The van der Waals surface area contributed by atoms with Crippen molar-refractivity contribution < 1.29 is 0 Å². The molecule has 1 aromatic rings. The molecule has 1 heterocycles. The zero-order chi connectivity index (χ0) is 12.4. The molecule has 1 fully saturated rings. The Morgan fingerprint density at radius 3 is 2.83 bits per heavy atom. The normalized spacial score (nSPS) is 18.5. The lowest BCUT2D eigenvalue weighted by Gasteiger charge is -2.38. The van der Waals surface area contributed by atoms with Gasteiger partial charge in [-0.25, -0.2) is 4.98 Å². The van der Waals surface area contributed by atoms with Crippen molar-refractivity contribution in [2.75, 3.05) is 17.3 Å². The second-order valence-electron chi connectivity index (χ2n) is 5.45. The van der Waals surface area contributed by atoms with Gasteiger partial charge in [0.05, 0.1) is 0 Å². The summed E-state index contributed by atoms with van der Waals surface area (Å²) in [6.45, 7) is 1.06. The molecule has 0 bridgehead atoms. The number of anilines is 1. The van der Waals surface area contributed by atoms with Crippen molar-refractivity contribution in [3.8, 4) is 0 Å². The second-order valence-corrected chi connectivity index (χ2v) is 5.83. The number of aromatic nitrogens is 1. The minimum atomic E-state index is 0.708. The minimum absolute atomic E-state index is 0.708. The first-order valence-corrected chi connectivity index (χ1v) is 7.73. The van der Waals surface area contributed by atoms with E-state index in [4.69, 9.17) is 16.6 Å². The highest BCUT2D eigenvalue weighted by atomic mass is 35.5. The highest BCUT2D eigenvalue weighted by molar-refractivity contribution is 6.17. The summed E-state index contributed by atoms with van der Waals surface area (Å²) in [4.78, 5) is 7.38. The SMILES string of the molecule is ClCCCN(c1ccc2c(n1)CCC2)C1CCC1. The summed E-state index contributed by atoms with van der Waals surface area (Å²) in [6, 6.07) is 5.22. The highest BCUT2D eigenvalue weighted by Crippen LogP contribution is 2.30. The summed E-state index contributed by atoms with van der Waals surface area (Å²) < 4.78 is 0. The van der Waals surface area contributed by atoms with E-state index in [2.05, 4.69) is 17.0 Å². The Balaban J connectivity index is 1.80. The van der Waals surface area contributed by atoms with Crippen LogP contribution < -0.4 is 4.90 Å². The average Bonchev–Trinajstić information content (AvgIpc) is 2.78. The lowest BCUT2D eigenvalue weighted by molar-refractivity contribution is 0.384. The molecule has 1 aromatic heterocycles. The molecule has 1 saturated carbocycles. The van der Waals surface area contributed by atoms with Crippen LogP contribution >= 0.6 is 11.6 Å². The van der Waals surface area contributed by atoms with Gasteiger partial charge in [-0.1, -0.05) is 6.07 Å². The van der Waals surface area contributed by atoms with Crippen LogP contribution in [0.1, 0.15) is 43.4 Å². The summed E-state index contributed by atoms with van der Waals surface area (Å²) in [5.41, 5.74) is 2.80. The predicted octanol–water partition coefficient (Wildman–Crippen LogP) is 3.56. The summed E-state index contributed by atoms with van der Waals surface area (Å²) in [7, 11) is 0. The van der Waals surface area contributed by atoms with E-state index in [0.717, 1.165) is 25.3 Å². The first-order chi connectivity index (χ1) is 8.88. The van der Waals surface area contributed by atoms with E-state index in [9.17, 15) is 0 Å². The number of aryl methyl sites for hydroxylation is 2. The third kappa shape index (κ3) is 2.35. The number of pyridine rings is 1. The Labute approximate surface area is 114 Å². The third-order valence-corrected chi connectivity index (χ3v) is 4.52. The number of halogens is 1. The molecule has 0 aliphatic heterocycles. The van der Waals surface area contributed by atoms with E-state index in [-0.39, 0.29) is 0 Å². The van der Waals surface area contributed by atoms with Gasteiger partial charge in [-0.15, -0.1) is 11.6 Å². The van der Waals surface area contributed by atoms with Crippen molar-refractivity contribution in [3.05, 3.63) is 23.4 Å². The van der Waals surface area contributed by atoms with Gasteiger partial charge >= 0.3 is 0 Å². The Morgan fingerprint density at radius 2 is 2.11 bits per heavy atom. The first kappa shape index (κ1) is 12.3. The van der Waals surface area contributed by atoms with Crippen molar-refractivity contribution in [1.82, 2.24) is 4.98 Å².